The molecular formula is C11H11FN2O2. The summed E-state index contributed by atoms with van der Waals surface area (Å²) in [5.41, 5.74) is 1.22. The van der Waals surface area contributed by atoms with Crippen LogP contribution in [-0.4, -0.2) is 22.5 Å². The second kappa shape index (κ2) is 3.52. The van der Waals surface area contributed by atoms with Gasteiger partial charge in [0.1, 0.15) is 5.69 Å². The third-order valence-electron chi connectivity index (χ3n) is 2.50. The number of nitrogens with zero attached hydrogens (tertiary/aromatic N) is 1. The SMILES string of the molecule is CNC(=O)c1c(C)cc2c(F)c(O)ccn12. The number of rotatable bonds is 1. The summed E-state index contributed by atoms with van der Waals surface area (Å²) in [7, 11) is 1.51. The van der Waals surface area contributed by atoms with E-state index in [1.807, 2.05) is 0 Å². The van der Waals surface area contributed by atoms with Crippen molar-refractivity contribution in [1.82, 2.24) is 9.72 Å². The molecule has 0 spiro atoms. The molecule has 0 saturated heterocycles. The lowest BCUT2D eigenvalue weighted by Crippen LogP contribution is -2.20. The molecule has 2 N–H and O–H groups in total. The third-order valence-corrected chi connectivity index (χ3v) is 2.50. The smallest absolute Gasteiger partial charge is 0.268 e. The lowest BCUT2D eigenvalue weighted by Gasteiger charge is -2.04. The van der Waals surface area contributed by atoms with Crippen molar-refractivity contribution >= 4 is 11.4 Å². The average molecular weight is 222 g/mol. The van der Waals surface area contributed by atoms with Crippen LogP contribution < -0.4 is 5.32 Å². The van der Waals surface area contributed by atoms with Crippen molar-refractivity contribution in [2.24, 2.45) is 0 Å². The fourth-order valence-electron chi connectivity index (χ4n) is 1.73. The Labute approximate surface area is 91.3 Å². The number of hydrogen-bond donors (Lipinski definition) is 2. The summed E-state index contributed by atoms with van der Waals surface area (Å²) in [6.07, 6.45) is 1.46. The van der Waals surface area contributed by atoms with Crippen LogP contribution in [0.2, 0.25) is 0 Å². The normalized spacial score (nSPS) is 10.7. The van der Waals surface area contributed by atoms with E-state index >= 15 is 0 Å². The summed E-state index contributed by atoms with van der Waals surface area (Å²) in [5, 5.41) is 11.7. The standard InChI is InChI=1S/C11H11FN2O2/c1-6-5-7-9(12)8(15)3-4-14(7)10(6)11(16)13-2/h3-5,15H,1-2H3,(H,13,16). The van der Waals surface area contributed by atoms with Crippen molar-refractivity contribution in [3.63, 3.8) is 0 Å². The first-order chi connectivity index (χ1) is 7.56. The number of amides is 1. The molecule has 0 saturated carbocycles. The van der Waals surface area contributed by atoms with Crippen molar-refractivity contribution in [3.8, 4) is 5.75 Å². The van der Waals surface area contributed by atoms with Gasteiger partial charge in [-0.3, -0.25) is 4.79 Å². The predicted molar refractivity (Wildman–Crippen MR) is 57.1 cm³/mol. The molecule has 0 bridgehead atoms. The highest BCUT2D eigenvalue weighted by molar-refractivity contribution is 5.95. The van der Waals surface area contributed by atoms with Gasteiger partial charge in [-0.05, 0) is 24.6 Å². The van der Waals surface area contributed by atoms with E-state index in [9.17, 15) is 14.3 Å². The van der Waals surface area contributed by atoms with Gasteiger partial charge in [-0.15, -0.1) is 0 Å². The molecular weight excluding hydrogens is 211 g/mol. The zero-order valence-electron chi connectivity index (χ0n) is 8.91. The Balaban J connectivity index is 2.82. The first-order valence-corrected chi connectivity index (χ1v) is 4.77. The summed E-state index contributed by atoms with van der Waals surface area (Å²) in [6, 6.07) is 2.74. The maximum Gasteiger partial charge on any atom is 0.268 e. The highest BCUT2D eigenvalue weighted by Gasteiger charge is 2.17. The Bertz CT molecular complexity index is 575. The lowest BCUT2D eigenvalue weighted by atomic mass is 10.2. The molecule has 2 heterocycles. The topological polar surface area (TPSA) is 53.7 Å². The van der Waals surface area contributed by atoms with Gasteiger partial charge in [0.15, 0.2) is 11.6 Å². The van der Waals surface area contributed by atoms with Crippen LogP contribution in [0, 0.1) is 12.7 Å². The number of aromatic hydroxyl groups is 1. The molecule has 0 aliphatic carbocycles. The van der Waals surface area contributed by atoms with Crippen LogP contribution in [0.15, 0.2) is 18.3 Å². The molecule has 4 nitrogen and oxygen atoms in total. The Morgan fingerprint density at radius 1 is 1.56 bits per heavy atom. The second-order valence-corrected chi connectivity index (χ2v) is 3.53. The molecule has 0 fully saturated rings. The quantitative estimate of drug-likeness (QED) is 0.767. The van der Waals surface area contributed by atoms with E-state index in [2.05, 4.69) is 5.32 Å². The summed E-state index contributed by atoms with van der Waals surface area (Å²) in [4.78, 5) is 11.6. The van der Waals surface area contributed by atoms with Gasteiger partial charge in [-0.2, -0.15) is 0 Å². The molecule has 0 aliphatic heterocycles. The molecule has 0 unspecified atom stereocenters. The molecule has 2 rings (SSSR count). The molecule has 1 amide bonds. The fraction of sp³-hybridized carbons (Fsp3) is 0.182. The summed E-state index contributed by atoms with van der Waals surface area (Å²) < 4.78 is 15.0. The van der Waals surface area contributed by atoms with E-state index in [4.69, 9.17) is 0 Å². The van der Waals surface area contributed by atoms with Crippen molar-refractivity contribution in [2.45, 2.75) is 6.92 Å². The number of hydrogen-bond acceptors (Lipinski definition) is 2. The number of aromatic nitrogens is 1. The maximum absolute atomic E-state index is 13.6. The van der Waals surface area contributed by atoms with Crippen LogP contribution in [0.4, 0.5) is 4.39 Å². The third kappa shape index (κ3) is 1.32. The number of nitrogens with one attached hydrogen (secondary N) is 1. The minimum absolute atomic E-state index is 0.191. The van der Waals surface area contributed by atoms with Crippen LogP contribution in [0.25, 0.3) is 5.52 Å². The summed E-state index contributed by atoms with van der Waals surface area (Å²) >= 11 is 0. The molecule has 2 aromatic heterocycles. The molecule has 84 valence electrons. The zero-order chi connectivity index (χ0) is 11.9. The second-order valence-electron chi connectivity index (χ2n) is 3.53. The molecule has 0 radical (unpaired) electrons. The van der Waals surface area contributed by atoms with Gasteiger partial charge in [0, 0.05) is 13.2 Å². The summed E-state index contributed by atoms with van der Waals surface area (Å²) in [6.45, 7) is 1.72. The summed E-state index contributed by atoms with van der Waals surface area (Å²) in [5.74, 6) is -1.43. The van der Waals surface area contributed by atoms with E-state index in [0.717, 1.165) is 0 Å². The van der Waals surface area contributed by atoms with Gasteiger partial charge < -0.3 is 14.8 Å². The van der Waals surface area contributed by atoms with Gasteiger partial charge in [0.05, 0.1) is 5.52 Å². The van der Waals surface area contributed by atoms with Crippen LogP contribution in [-0.2, 0) is 0 Å². The highest BCUT2D eigenvalue weighted by atomic mass is 19.1. The van der Waals surface area contributed by atoms with Gasteiger partial charge in [-0.25, -0.2) is 4.39 Å². The number of halogens is 1. The molecule has 0 atom stereocenters. The van der Waals surface area contributed by atoms with Crippen molar-refractivity contribution in [3.05, 3.63) is 35.4 Å². The van der Waals surface area contributed by atoms with E-state index < -0.39 is 11.6 Å². The van der Waals surface area contributed by atoms with Crippen molar-refractivity contribution in [1.29, 1.82) is 0 Å². The zero-order valence-corrected chi connectivity index (χ0v) is 8.91. The van der Waals surface area contributed by atoms with Crippen LogP contribution in [0.3, 0.4) is 0 Å². The van der Waals surface area contributed by atoms with E-state index in [1.54, 1.807) is 6.92 Å². The lowest BCUT2D eigenvalue weighted by molar-refractivity contribution is 0.0956. The predicted octanol–water partition coefficient (Wildman–Crippen LogP) is 1.45. The first kappa shape index (κ1) is 10.5. The minimum Gasteiger partial charge on any atom is -0.505 e. The molecule has 16 heavy (non-hydrogen) atoms. The maximum atomic E-state index is 13.6. The van der Waals surface area contributed by atoms with Crippen molar-refractivity contribution in [2.75, 3.05) is 7.05 Å². The van der Waals surface area contributed by atoms with Crippen LogP contribution in [0.1, 0.15) is 16.1 Å². The van der Waals surface area contributed by atoms with Gasteiger partial charge in [-0.1, -0.05) is 0 Å². The van der Waals surface area contributed by atoms with E-state index in [0.29, 0.717) is 11.3 Å². The Hall–Kier alpha value is -2.04. The minimum atomic E-state index is -0.722. The van der Waals surface area contributed by atoms with Gasteiger partial charge in [0.25, 0.3) is 5.91 Å². The number of pyridine rings is 1. The highest BCUT2D eigenvalue weighted by Crippen LogP contribution is 2.24. The van der Waals surface area contributed by atoms with E-state index in [1.165, 1.54) is 29.8 Å². The number of carbonyl (C=O) groups excluding carboxylic acids is 1. The first-order valence-electron chi connectivity index (χ1n) is 4.77. The van der Waals surface area contributed by atoms with E-state index in [-0.39, 0.29) is 11.4 Å². The largest absolute Gasteiger partial charge is 0.505 e. The molecule has 5 heteroatoms. The Kier molecular flexibility index (Phi) is 2.30. The molecule has 2 aromatic rings. The average Bonchev–Trinajstić information content (AvgIpc) is 2.60. The number of fused-ring (bicyclic) bond motifs is 1. The van der Waals surface area contributed by atoms with Crippen molar-refractivity contribution < 1.29 is 14.3 Å². The van der Waals surface area contributed by atoms with Crippen LogP contribution in [0.5, 0.6) is 5.75 Å². The number of aryl methyl sites for hydroxylation is 1. The van der Waals surface area contributed by atoms with Gasteiger partial charge >= 0.3 is 0 Å². The monoisotopic (exact) mass is 222 g/mol. The molecule has 0 aliphatic rings. The fourth-order valence-corrected chi connectivity index (χ4v) is 1.73. The Morgan fingerprint density at radius 2 is 2.25 bits per heavy atom. The van der Waals surface area contributed by atoms with Crippen LogP contribution >= 0.6 is 0 Å². The molecule has 0 aromatic carbocycles. The number of carbonyl (C=O) groups is 1. The van der Waals surface area contributed by atoms with Gasteiger partial charge in [0.2, 0.25) is 0 Å². The Morgan fingerprint density at radius 3 is 2.88 bits per heavy atom.